The molecule has 0 spiro atoms. The summed E-state index contributed by atoms with van der Waals surface area (Å²) in [5.41, 5.74) is 6.95. The molecule has 6 heteroatoms. The molecule has 0 bridgehead atoms. The first kappa shape index (κ1) is 18.6. The highest BCUT2D eigenvalue weighted by Crippen LogP contribution is 2.13. The van der Waals surface area contributed by atoms with Crippen molar-refractivity contribution in [2.24, 2.45) is 5.73 Å². The number of hydroxylamine groups is 2. The zero-order valence-corrected chi connectivity index (χ0v) is 14.1. The summed E-state index contributed by atoms with van der Waals surface area (Å²) in [5.74, 6) is -1.03. The van der Waals surface area contributed by atoms with Crippen LogP contribution >= 0.6 is 0 Å². The number of hydrogen-bond acceptors (Lipinski definition) is 6. The third-order valence-electron chi connectivity index (χ3n) is 3.65. The number of carbonyl (C=O) groups excluding carboxylic acids is 2. The van der Waals surface area contributed by atoms with Crippen LogP contribution in [-0.2, 0) is 20.8 Å². The molecule has 2 N–H and O–H groups in total. The molecule has 0 aliphatic rings. The van der Waals surface area contributed by atoms with Gasteiger partial charge in [0.15, 0.2) is 0 Å². The van der Waals surface area contributed by atoms with E-state index in [2.05, 4.69) is 0 Å². The maximum absolute atomic E-state index is 12.3. The highest BCUT2D eigenvalue weighted by molar-refractivity contribution is 5.89. The Morgan fingerprint density at radius 3 is 2.20 bits per heavy atom. The zero-order valence-electron chi connectivity index (χ0n) is 14.1. The standard InChI is InChI=1S/C19H22N2O4/c1-24-19(23)17(14-15-8-4-2-5-9-15)21(13-12-20)25-18(22)16-10-6-3-7-11-16/h2-11,17H,12-14,20H2,1H3/t17-/m1/s1. The summed E-state index contributed by atoms with van der Waals surface area (Å²) in [6.07, 6.45) is 0.343. The molecule has 0 radical (unpaired) electrons. The van der Waals surface area contributed by atoms with Gasteiger partial charge >= 0.3 is 11.9 Å². The predicted octanol–water partition coefficient (Wildman–Crippen LogP) is 1.80. The van der Waals surface area contributed by atoms with E-state index >= 15 is 0 Å². The van der Waals surface area contributed by atoms with Crippen LogP contribution in [0.5, 0.6) is 0 Å². The molecule has 0 saturated heterocycles. The zero-order chi connectivity index (χ0) is 18.1. The molecule has 2 aromatic rings. The number of rotatable bonds is 8. The molecule has 0 aliphatic carbocycles. The SMILES string of the molecule is COC(=O)[C@@H](Cc1ccccc1)N(CCN)OC(=O)c1ccccc1. The molecular formula is C19H22N2O4. The number of benzene rings is 2. The topological polar surface area (TPSA) is 81.9 Å². The maximum Gasteiger partial charge on any atom is 0.357 e. The molecule has 2 rings (SSSR count). The lowest BCUT2D eigenvalue weighted by Crippen LogP contribution is -2.46. The fraction of sp³-hybridized carbons (Fsp3) is 0.263. The molecule has 2 aromatic carbocycles. The number of esters is 1. The summed E-state index contributed by atoms with van der Waals surface area (Å²) in [4.78, 5) is 30.0. The number of hydrogen-bond donors (Lipinski definition) is 1. The predicted molar refractivity (Wildman–Crippen MR) is 93.6 cm³/mol. The average Bonchev–Trinajstić information content (AvgIpc) is 2.66. The maximum atomic E-state index is 12.3. The van der Waals surface area contributed by atoms with Gasteiger partial charge in [0, 0.05) is 19.5 Å². The lowest BCUT2D eigenvalue weighted by molar-refractivity contribution is -0.173. The molecule has 0 aromatic heterocycles. The quantitative estimate of drug-likeness (QED) is 0.582. The molecular weight excluding hydrogens is 320 g/mol. The van der Waals surface area contributed by atoms with Gasteiger partial charge in [-0.2, -0.15) is 0 Å². The number of methoxy groups -OCH3 is 1. The van der Waals surface area contributed by atoms with Crippen molar-refractivity contribution in [3.8, 4) is 0 Å². The molecule has 25 heavy (non-hydrogen) atoms. The molecule has 6 nitrogen and oxygen atoms in total. The Bertz CT molecular complexity index is 676. The van der Waals surface area contributed by atoms with E-state index in [0.29, 0.717) is 12.0 Å². The third-order valence-corrected chi connectivity index (χ3v) is 3.65. The van der Waals surface area contributed by atoms with E-state index in [4.69, 9.17) is 15.3 Å². The highest BCUT2D eigenvalue weighted by atomic mass is 16.7. The van der Waals surface area contributed by atoms with Crippen molar-refractivity contribution in [1.29, 1.82) is 0 Å². The normalized spacial score (nSPS) is 11.8. The van der Waals surface area contributed by atoms with Gasteiger partial charge in [-0.3, -0.25) is 4.79 Å². The van der Waals surface area contributed by atoms with Gasteiger partial charge in [0.1, 0.15) is 6.04 Å². The number of carbonyl (C=O) groups is 2. The first-order valence-electron chi connectivity index (χ1n) is 8.01. The summed E-state index contributed by atoms with van der Waals surface area (Å²) in [6, 6.07) is 17.3. The van der Waals surface area contributed by atoms with Crippen LogP contribution in [0.25, 0.3) is 0 Å². The van der Waals surface area contributed by atoms with E-state index in [-0.39, 0.29) is 13.1 Å². The van der Waals surface area contributed by atoms with Crippen molar-refractivity contribution in [2.45, 2.75) is 12.5 Å². The van der Waals surface area contributed by atoms with Gasteiger partial charge in [-0.15, -0.1) is 5.06 Å². The van der Waals surface area contributed by atoms with Crippen molar-refractivity contribution >= 4 is 11.9 Å². The van der Waals surface area contributed by atoms with Crippen molar-refractivity contribution < 1.29 is 19.2 Å². The largest absolute Gasteiger partial charge is 0.468 e. The van der Waals surface area contributed by atoms with E-state index in [0.717, 1.165) is 5.56 Å². The minimum Gasteiger partial charge on any atom is -0.468 e. The van der Waals surface area contributed by atoms with E-state index in [9.17, 15) is 9.59 Å². The van der Waals surface area contributed by atoms with Crippen LogP contribution < -0.4 is 5.73 Å². The number of nitrogens with two attached hydrogens (primary N) is 1. The first-order valence-corrected chi connectivity index (χ1v) is 8.01. The van der Waals surface area contributed by atoms with Crippen molar-refractivity contribution in [1.82, 2.24) is 5.06 Å². The van der Waals surface area contributed by atoms with Gasteiger partial charge < -0.3 is 15.3 Å². The van der Waals surface area contributed by atoms with Crippen molar-refractivity contribution in [2.75, 3.05) is 20.2 Å². The van der Waals surface area contributed by atoms with Gasteiger partial charge in [-0.25, -0.2) is 4.79 Å². The summed E-state index contributed by atoms with van der Waals surface area (Å²) >= 11 is 0. The van der Waals surface area contributed by atoms with Gasteiger partial charge in [0.2, 0.25) is 0 Å². The molecule has 0 unspecified atom stereocenters. The first-order chi connectivity index (χ1) is 12.2. The minimum atomic E-state index is -0.774. The number of ether oxygens (including phenoxy) is 1. The Hall–Kier alpha value is -2.70. The van der Waals surface area contributed by atoms with Crippen LogP contribution in [0.15, 0.2) is 60.7 Å². The summed E-state index contributed by atoms with van der Waals surface area (Å²) in [5, 5.41) is 1.30. The molecule has 0 fully saturated rings. The Morgan fingerprint density at radius 1 is 1.04 bits per heavy atom. The Kier molecular flexibility index (Phi) is 7.13. The molecule has 0 saturated carbocycles. The lowest BCUT2D eigenvalue weighted by atomic mass is 10.1. The molecule has 1 atom stereocenters. The van der Waals surface area contributed by atoms with E-state index in [1.807, 2.05) is 30.3 Å². The fourth-order valence-electron chi connectivity index (χ4n) is 2.40. The second-order valence-electron chi connectivity index (χ2n) is 5.40. The van der Waals surface area contributed by atoms with Crippen LogP contribution in [0.4, 0.5) is 0 Å². The molecule has 0 heterocycles. The monoisotopic (exact) mass is 342 g/mol. The Labute approximate surface area is 147 Å². The van der Waals surface area contributed by atoms with Crippen LogP contribution in [-0.4, -0.2) is 43.2 Å². The van der Waals surface area contributed by atoms with Crippen molar-refractivity contribution in [3.05, 3.63) is 71.8 Å². The van der Waals surface area contributed by atoms with Crippen LogP contribution in [0.3, 0.4) is 0 Å². The molecule has 0 amide bonds. The van der Waals surface area contributed by atoms with E-state index in [1.54, 1.807) is 30.3 Å². The average molecular weight is 342 g/mol. The smallest absolute Gasteiger partial charge is 0.357 e. The second-order valence-corrected chi connectivity index (χ2v) is 5.40. The van der Waals surface area contributed by atoms with E-state index < -0.39 is 18.0 Å². The minimum absolute atomic E-state index is 0.213. The number of nitrogens with zero attached hydrogens (tertiary/aromatic N) is 1. The van der Waals surface area contributed by atoms with Gasteiger partial charge in [-0.1, -0.05) is 48.5 Å². The fourth-order valence-corrected chi connectivity index (χ4v) is 2.40. The van der Waals surface area contributed by atoms with Crippen LogP contribution in [0, 0.1) is 0 Å². The van der Waals surface area contributed by atoms with Crippen molar-refractivity contribution in [3.63, 3.8) is 0 Å². The van der Waals surface area contributed by atoms with Gasteiger partial charge in [0.25, 0.3) is 0 Å². The van der Waals surface area contributed by atoms with E-state index in [1.165, 1.54) is 12.2 Å². The van der Waals surface area contributed by atoms with Gasteiger partial charge in [-0.05, 0) is 17.7 Å². The summed E-state index contributed by atoms with van der Waals surface area (Å²) in [7, 11) is 1.31. The van der Waals surface area contributed by atoms with Crippen LogP contribution in [0.1, 0.15) is 15.9 Å². The summed E-state index contributed by atoms with van der Waals surface area (Å²) in [6.45, 7) is 0.440. The Balaban J connectivity index is 2.19. The lowest BCUT2D eigenvalue weighted by Gasteiger charge is -2.27. The summed E-state index contributed by atoms with van der Waals surface area (Å²) < 4.78 is 4.89. The Morgan fingerprint density at radius 2 is 1.64 bits per heavy atom. The molecule has 0 aliphatic heterocycles. The molecule has 132 valence electrons. The van der Waals surface area contributed by atoms with Crippen LogP contribution in [0.2, 0.25) is 0 Å². The highest BCUT2D eigenvalue weighted by Gasteiger charge is 2.30. The van der Waals surface area contributed by atoms with Gasteiger partial charge in [0.05, 0.1) is 12.7 Å². The third kappa shape index (κ3) is 5.41. The second kappa shape index (κ2) is 9.56.